The van der Waals surface area contributed by atoms with Gasteiger partial charge in [0.05, 0.1) is 12.0 Å². The molecule has 8 nitrogen and oxygen atoms in total. The van der Waals surface area contributed by atoms with Crippen LogP contribution in [0.15, 0.2) is 52.1 Å². The van der Waals surface area contributed by atoms with Gasteiger partial charge in [0.1, 0.15) is 5.75 Å². The number of non-ortho nitro benzene ring substituents is 1. The summed E-state index contributed by atoms with van der Waals surface area (Å²) in [5.41, 5.74) is 1.84. The topological polar surface area (TPSA) is 108 Å². The molecular weight excluding hydrogens is 370 g/mol. The largest absolute Gasteiger partial charge is 0.496 e. The van der Waals surface area contributed by atoms with Gasteiger partial charge in [-0.1, -0.05) is 17.8 Å². The summed E-state index contributed by atoms with van der Waals surface area (Å²) in [6.07, 6.45) is 0. The number of ketones is 1. The molecule has 0 fully saturated rings. The van der Waals surface area contributed by atoms with Gasteiger partial charge in [-0.05, 0) is 31.2 Å². The molecule has 0 spiro atoms. The van der Waals surface area contributed by atoms with Crippen molar-refractivity contribution in [3.05, 3.63) is 63.7 Å². The number of hydrogen-bond acceptors (Lipinski definition) is 8. The molecule has 138 valence electrons. The lowest BCUT2D eigenvalue weighted by Crippen LogP contribution is -1.96. The fourth-order valence-corrected chi connectivity index (χ4v) is 3.13. The zero-order chi connectivity index (χ0) is 19.4. The van der Waals surface area contributed by atoms with Crippen molar-refractivity contribution in [2.24, 2.45) is 0 Å². The molecule has 2 aromatic carbocycles. The van der Waals surface area contributed by atoms with E-state index in [2.05, 4.69) is 10.2 Å². The normalized spacial score (nSPS) is 10.6. The summed E-state index contributed by atoms with van der Waals surface area (Å²) < 4.78 is 10.9. The van der Waals surface area contributed by atoms with E-state index in [1.54, 1.807) is 37.4 Å². The van der Waals surface area contributed by atoms with Crippen LogP contribution >= 0.6 is 11.8 Å². The Hall–Kier alpha value is -3.20. The van der Waals surface area contributed by atoms with Gasteiger partial charge in [-0.3, -0.25) is 14.9 Å². The smallest absolute Gasteiger partial charge is 0.277 e. The van der Waals surface area contributed by atoms with Crippen LogP contribution in [0.2, 0.25) is 0 Å². The molecule has 9 heteroatoms. The molecular formula is C18H15N3O5S. The standard InChI is InChI=1S/C18H15N3O5S/c1-11(22)12-6-7-16(25-2)14(8-12)10-27-18-20-19-17(26-18)13-4-3-5-15(9-13)21(23)24/h3-9H,10H2,1-2H3. The van der Waals surface area contributed by atoms with Gasteiger partial charge in [-0.2, -0.15) is 0 Å². The Morgan fingerprint density at radius 1 is 1.26 bits per heavy atom. The van der Waals surface area contributed by atoms with Crippen molar-refractivity contribution in [2.75, 3.05) is 7.11 Å². The van der Waals surface area contributed by atoms with Crippen molar-refractivity contribution in [2.45, 2.75) is 17.9 Å². The van der Waals surface area contributed by atoms with Crippen molar-refractivity contribution in [3.8, 4) is 17.2 Å². The first kappa shape index (κ1) is 18.6. The summed E-state index contributed by atoms with van der Waals surface area (Å²) in [6.45, 7) is 1.50. The number of hydrogen-bond donors (Lipinski definition) is 0. The number of methoxy groups -OCH3 is 1. The second kappa shape index (κ2) is 8.00. The number of benzene rings is 2. The number of ether oxygens (including phenoxy) is 1. The van der Waals surface area contributed by atoms with Crippen LogP contribution in [0, 0.1) is 10.1 Å². The molecule has 0 saturated heterocycles. The highest BCUT2D eigenvalue weighted by Crippen LogP contribution is 2.30. The molecule has 0 aliphatic heterocycles. The molecule has 1 heterocycles. The van der Waals surface area contributed by atoms with Crippen LogP contribution in [0.1, 0.15) is 22.8 Å². The summed E-state index contributed by atoms with van der Waals surface area (Å²) in [7, 11) is 1.56. The summed E-state index contributed by atoms with van der Waals surface area (Å²) in [6, 6.07) is 11.2. The van der Waals surface area contributed by atoms with Crippen LogP contribution in [0.5, 0.6) is 5.75 Å². The number of nitro groups is 1. The van der Waals surface area contributed by atoms with Gasteiger partial charge >= 0.3 is 0 Å². The maximum absolute atomic E-state index is 11.6. The van der Waals surface area contributed by atoms with Crippen LogP contribution in [0.3, 0.4) is 0 Å². The monoisotopic (exact) mass is 385 g/mol. The first-order valence-electron chi connectivity index (χ1n) is 7.87. The number of nitro benzene ring substituents is 1. The van der Waals surface area contributed by atoms with Gasteiger partial charge in [0, 0.05) is 34.6 Å². The molecule has 3 rings (SSSR count). The Bertz CT molecular complexity index is 1000. The van der Waals surface area contributed by atoms with Crippen LogP contribution in [0.25, 0.3) is 11.5 Å². The van der Waals surface area contributed by atoms with E-state index in [0.29, 0.717) is 27.9 Å². The summed E-state index contributed by atoms with van der Waals surface area (Å²) >= 11 is 1.28. The molecule has 1 aromatic heterocycles. The van der Waals surface area contributed by atoms with E-state index in [4.69, 9.17) is 9.15 Å². The minimum absolute atomic E-state index is 0.0327. The van der Waals surface area contributed by atoms with Crippen molar-refractivity contribution in [3.63, 3.8) is 0 Å². The highest BCUT2D eigenvalue weighted by Gasteiger charge is 2.14. The Morgan fingerprint density at radius 2 is 2.07 bits per heavy atom. The van der Waals surface area contributed by atoms with E-state index in [-0.39, 0.29) is 17.4 Å². The first-order valence-corrected chi connectivity index (χ1v) is 8.85. The number of thioether (sulfide) groups is 1. The van der Waals surface area contributed by atoms with Gasteiger partial charge in [0.25, 0.3) is 10.9 Å². The van der Waals surface area contributed by atoms with E-state index >= 15 is 0 Å². The second-order valence-electron chi connectivity index (χ2n) is 5.55. The minimum Gasteiger partial charge on any atom is -0.496 e. The SMILES string of the molecule is COc1ccc(C(C)=O)cc1CSc1nnc(-c2cccc([N+](=O)[O-])c2)o1. The first-order chi connectivity index (χ1) is 13.0. The van der Waals surface area contributed by atoms with Crippen LogP contribution in [-0.4, -0.2) is 28.0 Å². The molecule has 0 aliphatic rings. The number of aromatic nitrogens is 2. The number of carbonyl (C=O) groups excluding carboxylic acids is 1. The third-order valence-corrected chi connectivity index (χ3v) is 4.62. The van der Waals surface area contributed by atoms with Gasteiger partial charge in [0.2, 0.25) is 5.89 Å². The molecule has 0 amide bonds. The Balaban J connectivity index is 1.77. The quantitative estimate of drug-likeness (QED) is 0.258. The molecule has 0 atom stereocenters. The van der Waals surface area contributed by atoms with Crippen LogP contribution < -0.4 is 4.74 Å². The van der Waals surface area contributed by atoms with E-state index < -0.39 is 4.92 Å². The van der Waals surface area contributed by atoms with Gasteiger partial charge in [-0.25, -0.2) is 0 Å². The van der Waals surface area contributed by atoms with Crippen molar-refractivity contribution < 1.29 is 18.9 Å². The maximum Gasteiger partial charge on any atom is 0.277 e. The molecule has 0 N–H and O–H groups in total. The average Bonchev–Trinajstić information content (AvgIpc) is 3.15. The summed E-state index contributed by atoms with van der Waals surface area (Å²) in [5, 5.41) is 19.1. The fraction of sp³-hybridized carbons (Fsp3) is 0.167. The molecule has 0 saturated carbocycles. The third kappa shape index (κ3) is 4.32. The predicted molar refractivity (Wildman–Crippen MR) is 98.9 cm³/mol. The van der Waals surface area contributed by atoms with Gasteiger partial charge in [0.15, 0.2) is 5.78 Å². The number of rotatable bonds is 7. The lowest BCUT2D eigenvalue weighted by molar-refractivity contribution is -0.384. The summed E-state index contributed by atoms with van der Waals surface area (Å²) in [4.78, 5) is 22.0. The fourth-order valence-electron chi connectivity index (χ4n) is 2.39. The zero-order valence-corrected chi connectivity index (χ0v) is 15.4. The molecule has 0 aliphatic carbocycles. The van der Waals surface area contributed by atoms with Crippen molar-refractivity contribution in [1.29, 1.82) is 0 Å². The van der Waals surface area contributed by atoms with Crippen molar-refractivity contribution >= 4 is 23.2 Å². The maximum atomic E-state index is 11.6. The molecule has 3 aromatic rings. The lowest BCUT2D eigenvalue weighted by Gasteiger charge is -2.08. The molecule has 0 bridgehead atoms. The van der Waals surface area contributed by atoms with E-state index in [1.165, 1.54) is 30.8 Å². The van der Waals surface area contributed by atoms with Gasteiger partial charge in [-0.15, -0.1) is 10.2 Å². The van der Waals surface area contributed by atoms with Crippen LogP contribution in [-0.2, 0) is 5.75 Å². The lowest BCUT2D eigenvalue weighted by atomic mass is 10.1. The number of Topliss-reactive ketones (excluding diaryl/α,β-unsaturated/α-hetero) is 1. The third-order valence-electron chi connectivity index (χ3n) is 3.75. The Kier molecular flexibility index (Phi) is 5.51. The van der Waals surface area contributed by atoms with Crippen LogP contribution in [0.4, 0.5) is 5.69 Å². The minimum atomic E-state index is -0.482. The Labute approximate surface area is 158 Å². The molecule has 27 heavy (non-hydrogen) atoms. The van der Waals surface area contributed by atoms with Crippen molar-refractivity contribution in [1.82, 2.24) is 10.2 Å². The molecule has 0 radical (unpaired) electrons. The molecule has 0 unspecified atom stereocenters. The average molecular weight is 385 g/mol. The zero-order valence-electron chi connectivity index (χ0n) is 14.5. The van der Waals surface area contributed by atoms with Gasteiger partial charge < -0.3 is 9.15 Å². The highest BCUT2D eigenvalue weighted by atomic mass is 32.2. The van der Waals surface area contributed by atoms with E-state index in [1.807, 2.05) is 0 Å². The second-order valence-corrected chi connectivity index (χ2v) is 6.48. The predicted octanol–water partition coefficient (Wildman–Crippen LogP) is 4.15. The van der Waals surface area contributed by atoms with E-state index in [9.17, 15) is 14.9 Å². The van der Waals surface area contributed by atoms with E-state index in [0.717, 1.165) is 5.56 Å². The Morgan fingerprint density at radius 3 is 2.78 bits per heavy atom. The number of carbonyl (C=O) groups is 1. The summed E-state index contributed by atoms with van der Waals surface area (Å²) in [5.74, 6) is 1.28. The number of nitrogens with zero attached hydrogens (tertiary/aromatic N) is 3. The highest BCUT2D eigenvalue weighted by molar-refractivity contribution is 7.98.